The quantitative estimate of drug-likeness (QED) is 0.838. The average molecular weight is 316 g/mol. The minimum absolute atomic E-state index is 0.00214. The number of ether oxygens (including phenoxy) is 2. The predicted octanol–water partition coefficient (Wildman–Crippen LogP) is 2.93. The monoisotopic (exact) mass is 316 g/mol. The van der Waals surface area contributed by atoms with Crippen molar-refractivity contribution in [3.63, 3.8) is 0 Å². The maximum absolute atomic E-state index is 13.0. The predicted molar refractivity (Wildman–Crippen MR) is 85.9 cm³/mol. The van der Waals surface area contributed by atoms with Gasteiger partial charge in [-0.2, -0.15) is 0 Å². The second-order valence-electron chi connectivity index (χ2n) is 6.96. The van der Waals surface area contributed by atoms with E-state index in [4.69, 9.17) is 9.47 Å². The molecule has 0 unspecified atom stereocenters. The standard InChI is InChI=1S/C19H24O4/c1-12-15-9-10-16(23-15)19(3,17(12)21)18(13(2)20)22-11-14-7-5-4-6-8-14/h4-8,12,15-16,18H,9-11H2,1-3H3/t12-,15+,16-,18-,19-/m0/s1. The summed E-state index contributed by atoms with van der Waals surface area (Å²) in [6, 6.07) is 9.70. The molecule has 4 nitrogen and oxygen atoms in total. The molecule has 5 atom stereocenters. The molecule has 124 valence electrons. The van der Waals surface area contributed by atoms with E-state index in [-0.39, 0.29) is 29.7 Å². The van der Waals surface area contributed by atoms with Gasteiger partial charge < -0.3 is 9.47 Å². The molecule has 1 aromatic rings. The minimum Gasteiger partial charge on any atom is -0.373 e. The van der Waals surface area contributed by atoms with Crippen LogP contribution in [-0.2, 0) is 25.7 Å². The molecule has 2 fully saturated rings. The molecule has 0 radical (unpaired) electrons. The lowest BCUT2D eigenvalue weighted by Crippen LogP contribution is -2.58. The SMILES string of the molecule is CC(=O)[C@H](OCc1ccccc1)[C@]1(C)C(=O)[C@@H](C)[C@H]2CC[C@@H]1O2. The van der Waals surface area contributed by atoms with E-state index in [1.807, 2.05) is 44.2 Å². The van der Waals surface area contributed by atoms with E-state index in [0.717, 1.165) is 18.4 Å². The summed E-state index contributed by atoms with van der Waals surface area (Å²) in [5.41, 5.74) is 0.0939. The van der Waals surface area contributed by atoms with Crippen molar-refractivity contribution in [2.45, 2.75) is 58.5 Å². The Morgan fingerprint density at radius 2 is 2.04 bits per heavy atom. The van der Waals surface area contributed by atoms with E-state index in [1.54, 1.807) is 0 Å². The first kappa shape index (κ1) is 16.3. The summed E-state index contributed by atoms with van der Waals surface area (Å²) < 4.78 is 12.0. The van der Waals surface area contributed by atoms with E-state index >= 15 is 0 Å². The molecule has 4 heteroatoms. The molecule has 0 aliphatic carbocycles. The Morgan fingerprint density at radius 1 is 1.35 bits per heavy atom. The van der Waals surface area contributed by atoms with E-state index in [9.17, 15) is 9.59 Å². The number of Topliss-reactive ketones (excluding diaryl/α,β-unsaturated/α-hetero) is 2. The Kier molecular flexibility index (Phi) is 4.39. The zero-order valence-electron chi connectivity index (χ0n) is 14.0. The molecule has 1 aromatic carbocycles. The van der Waals surface area contributed by atoms with Gasteiger partial charge in [0.2, 0.25) is 0 Å². The topological polar surface area (TPSA) is 52.6 Å². The highest BCUT2D eigenvalue weighted by Gasteiger charge is 2.59. The third kappa shape index (κ3) is 2.74. The highest BCUT2D eigenvalue weighted by Crippen LogP contribution is 2.48. The first-order chi connectivity index (χ1) is 10.9. The fraction of sp³-hybridized carbons (Fsp3) is 0.579. The fourth-order valence-corrected chi connectivity index (χ4v) is 4.05. The third-order valence-corrected chi connectivity index (χ3v) is 5.40. The van der Waals surface area contributed by atoms with Crippen molar-refractivity contribution in [2.24, 2.45) is 11.3 Å². The molecule has 0 amide bonds. The Labute approximate surface area is 137 Å². The second-order valence-corrected chi connectivity index (χ2v) is 6.96. The van der Waals surface area contributed by atoms with Crippen molar-refractivity contribution < 1.29 is 19.1 Å². The molecule has 0 N–H and O–H groups in total. The lowest BCUT2D eigenvalue weighted by atomic mass is 9.69. The van der Waals surface area contributed by atoms with Crippen molar-refractivity contribution in [3.05, 3.63) is 35.9 Å². The maximum atomic E-state index is 13.0. The van der Waals surface area contributed by atoms with Crippen molar-refractivity contribution in [3.8, 4) is 0 Å². The number of hydrogen-bond acceptors (Lipinski definition) is 4. The van der Waals surface area contributed by atoms with Gasteiger partial charge in [-0.05, 0) is 32.3 Å². The van der Waals surface area contributed by atoms with Crippen LogP contribution in [0.4, 0.5) is 0 Å². The van der Waals surface area contributed by atoms with Crippen molar-refractivity contribution in [1.29, 1.82) is 0 Å². The van der Waals surface area contributed by atoms with Crippen LogP contribution < -0.4 is 0 Å². The third-order valence-electron chi connectivity index (χ3n) is 5.40. The molecule has 23 heavy (non-hydrogen) atoms. The Balaban J connectivity index is 1.84. The number of rotatable bonds is 5. The van der Waals surface area contributed by atoms with Gasteiger partial charge in [-0.15, -0.1) is 0 Å². The molecular formula is C19H24O4. The summed E-state index contributed by atoms with van der Waals surface area (Å²) >= 11 is 0. The molecule has 2 aliphatic heterocycles. The zero-order valence-corrected chi connectivity index (χ0v) is 14.0. The van der Waals surface area contributed by atoms with Gasteiger partial charge in [-0.25, -0.2) is 0 Å². The van der Waals surface area contributed by atoms with Gasteiger partial charge >= 0.3 is 0 Å². The minimum atomic E-state index is -0.896. The van der Waals surface area contributed by atoms with E-state index in [0.29, 0.717) is 6.61 Å². The molecule has 2 aliphatic rings. The fourth-order valence-electron chi connectivity index (χ4n) is 4.05. The molecule has 0 saturated carbocycles. The summed E-state index contributed by atoms with van der Waals surface area (Å²) in [4.78, 5) is 25.2. The lowest BCUT2D eigenvalue weighted by molar-refractivity contribution is -0.184. The Hall–Kier alpha value is -1.52. The molecule has 0 spiro atoms. The summed E-state index contributed by atoms with van der Waals surface area (Å²) in [7, 11) is 0. The van der Waals surface area contributed by atoms with Crippen LogP contribution in [0.3, 0.4) is 0 Å². The Bertz CT molecular complexity index is 597. The second kappa shape index (κ2) is 6.17. The summed E-state index contributed by atoms with van der Waals surface area (Å²) in [6.45, 7) is 5.56. The largest absolute Gasteiger partial charge is 0.373 e. The number of benzene rings is 1. The number of carbonyl (C=O) groups excluding carboxylic acids is 2. The van der Waals surface area contributed by atoms with Gasteiger partial charge in [0.1, 0.15) is 11.9 Å². The lowest BCUT2D eigenvalue weighted by Gasteiger charge is -2.44. The van der Waals surface area contributed by atoms with Gasteiger partial charge in [0.15, 0.2) is 5.78 Å². The van der Waals surface area contributed by atoms with Crippen molar-refractivity contribution in [2.75, 3.05) is 0 Å². The molecule has 2 bridgehead atoms. The number of fused-ring (bicyclic) bond motifs is 2. The van der Waals surface area contributed by atoms with Crippen LogP contribution in [-0.4, -0.2) is 29.9 Å². The summed E-state index contributed by atoms with van der Waals surface area (Å²) in [6.07, 6.45) is 0.719. The highest BCUT2D eigenvalue weighted by molar-refractivity contribution is 5.95. The van der Waals surface area contributed by atoms with Crippen LogP contribution in [0.2, 0.25) is 0 Å². The Morgan fingerprint density at radius 3 is 2.70 bits per heavy atom. The first-order valence-electron chi connectivity index (χ1n) is 8.30. The van der Waals surface area contributed by atoms with Crippen molar-refractivity contribution >= 4 is 11.6 Å². The van der Waals surface area contributed by atoms with Gasteiger partial charge in [0, 0.05) is 5.92 Å². The molecule has 2 saturated heterocycles. The van der Waals surface area contributed by atoms with Crippen molar-refractivity contribution in [1.82, 2.24) is 0 Å². The van der Waals surface area contributed by atoms with Gasteiger partial charge in [-0.1, -0.05) is 37.3 Å². The normalized spacial score (nSPS) is 34.4. The number of carbonyl (C=O) groups is 2. The van der Waals surface area contributed by atoms with Crippen LogP contribution in [0.5, 0.6) is 0 Å². The van der Waals surface area contributed by atoms with Crippen LogP contribution in [0.25, 0.3) is 0 Å². The van der Waals surface area contributed by atoms with Crippen LogP contribution in [0.15, 0.2) is 30.3 Å². The van der Waals surface area contributed by atoms with Crippen LogP contribution in [0, 0.1) is 11.3 Å². The van der Waals surface area contributed by atoms with Crippen LogP contribution in [0.1, 0.15) is 39.2 Å². The molecule has 3 rings (SSSR count). The highest BCUT2D eigenvalue weighted by atomic mass is 16.5. The number of hydrogen-bond donors (Lipinski definition) is 0. The molecule has 2 heterocycles. The average Bonchev–Trinajstić information content (AvgIpc) is 3.01. The summed E-state index contributed by atoms with van der Waals surface area (Å²) in [5, 5.41) is 0. The number of ketones is 2. The smallest absolute Gasteiger partial charge is 0.159 e. The van der Waals surface area contributed by atoms with Gasteiger partial charge in [0.05, 0.1) is 24.2 Å². The summed E-state index contributed by atoms with van der Waals surface area (Å²) in [5.74, 6) is -0.191. The maximum Gasteiger partial charge on any atom is 0.159 e. The van der Waals surface area contributed by atoms with E-state index in [2.05, 4.69) is 0 Å². The molecule has 0 aromatic heterocycles. The van der Waals surface area contributed by atoms with Gasteiger partial charge in [0.25, 0.3) is 0 Å². The first-order valence-corrected chi connectivity index (χ1v) is 8.30. The van der Waals surface area contributed by atoms with Gasteiger partial charge in [-0.3, -0.25) is 9.59 Å². The van der Waals surface area contributed by atoms with E-state index in [1.165, 1.54) is 6.92 Å². The van der Waals surface area contributed by atoms with E-state index < -0.39 is 11.5 Å². The molecular weight excluding hydrogens is 292 g/mol. The zero-order chi connectivity index (χ0) is 16.6. The van der Waals surface area contributed by atoms with Crippen LogP contribution >= 0.6 is 0 Å².